The number of methoxy groups -OCH3 is 1. The van der Waals surface area contributed by atoms with Crippen LogP contribution in [0.5, 0.6) is 23.0 Å². The Hall–Kier alpha value is -3.26. The highest BCUT2D eigenvalue weighted by atomic mass is 16.5. The third kappa shape index (κ3) is 8.10. The first kappa shape index (κ1) is 23.8. The number of rotatable bonds is 8. The molecule has 0 aliphatic heterocycles. The SMILES string of the molecule is CCCOc1ccc(OC(=O)CC)cc1.COc1cc(C(O)C(=O)O)ccc1O. The number of carboxylic acids is 1. The van der Waals surface area contributed by atoms with Crippen LogP contribution in [-0.2, 0) is 9.59 Å². The average Bonchev–Trinajstić information content (AvgIpc) is 2.73. The fourth-order valence-electron chi connectivity index (χ4n) is 2.03. The van der Waals surface area contributed by atoms with E-state index >= 15 is 0 Å². The topological polar surface area (TPSA) is 123 Å². The lowest BCUT2D eigenvalue weighted by Crippen LogP contribution is -2.10. The van der Waals surface area contributed by atoms with Gasteiger partial charge in [0, 0.05) is 6.42 Å². The molecule has 2 rings (SSSR count). The molecule has 158 valence electrons. The summed E-state index contributed by atoms with van der Waals surface area (Å²) >= 11 is 0. The lowest BCUT2D eigenvalue weighted by Gasteiger charge is -2.08. The van der Waals surface area contributed by atoms with E-state index in [2.05, 4.69) is 6.92 Å². The van der Waals surface area contributed by atoms with E-state index in [-0.39, 0.29) is 23.0 Å². The highest BCUT2D eigenvalue weighted by Crippen LogP contribution is 2.28. The molecule has 0 amide bonds. The van der Waals surface area contributed by atoms with Crippen molar-refractivity contribution in [3.05, 3.63) is 48.0 Å². The maximum absolute atomic E-state index is 11.0. The number of esters is 1. The number of carbonyl (C=O) groups excluding carboxylic acids is 1. The van der Waals surface area contributed by atoms with Crippen molar-refractivity contribution in [2.75, 3.05) is 13.7 Å². The second-order valence-corrected chi connectivity index (χ2v) is 5.82. The van der Waals surface area contributed by atoms with E-state index in [0.29, 0.717) is 18.8 Å². The molecule has 0 aromatic heterocycles. The molecule has 3 N–H and O–H groups in total. The fraction of sp³-hybridized carbons (Fsp3) is 0.333. The minimum absolute atomic E-state index is 0.103. The Kier molecular flexibility index (Phi) is 10.0. The van der Waals surface area contributed by atoms with Gasteiger partial charge in [-0.25, -0.2) is 4.79 Å². The second kappa shape index (κ2) is 12.2. The molecule has 0 aliphatic carbocycles. The summed E-state index contributed by atoms with van der Waals surface area (Å²) in [7, 11) is 1.34. The van der Waals surface area contributed by atoms with Crippen LogP contribution in [-0.4, -0.2) is 41.0 Å². The van der Waals surface area contributed by atoms with Crippen molar-refractivity contribution in [3.63, 3.8) is 0 Å². The zero-order valence-corrected chi connectivity index (χ0v) is 16.6. The van der Waals surface area contributed by atoms with Crippen LogP contribution in [0.2, 0.25) is 0 Å². The van der Waals surface area contributed by atoms with E-state index in [0.717, 1.165) is 12.2 Å². The number of aliphatic hydroxyl groups excluding tert-OH is 1. The van der Waals surface area contributed by atoms with Crippen LogP contribution < -0.4 is 14.2 Å². The van der Waals surface area contributed by atoms with Crippen molar-refractivity contribution in [2.45, 2.75) is 32.8 Å². The van der Waals surface area contributed by atoms with Gasteiger partial charge in [-0.3, -0.25) is 4.79 Å². The molecule has 1 atom stereocenters. The molecule has 2 aromatic rings. The number of aromatic hydroxyl groups is 1. The monoisotopic (exact) mass is 406 g/mol. The van der Waals surface area contributed by atoms with Crippen LogP contribution in [0, 0.1) is 0 Å². The predicted molar refractivity (Wildman–Crippen MR) is 105 cm³/mol. The summed E-state index contributed by atoms with van der Waals surface area (Å²) in [6, 6.07) is 10.9. The summed E-state index contributed by atoms with van der Waals surface area (Å²) in [5.74, 6) is -0.189. The van der Waals surface area contributed by atoms with Gasteiger partial charge in [0.05, 0.1) is 13.7 Å². The van der Waals surface area contributed by atoms with Gasteiger partial charge in [0.15, 0.2) is 17.6 Å². The molecule has 0 fully saturated rings. The predicted octanol–water partition coefficient (Wildman–Crippen LogP) is 3.31. The highest BCUT2D eigenvalue weighted by Gasteiger charge is 2.17. The average molecular weight is 406 g/mol. The summed E-state index contributed by atoms with van der Waals surface area (Å²) in [6.45, 7) is 4.52. The molecule has 0 radical (unpaired) electrons. The zero-order chi connectivity index (χ0) is 21.8. The van der Waals surface area contributed by atoms with E-state index in [1.165, 1.54) is 25.3 Å². The number of hydrogen-bond acceptors (Lipinski definition) is 7. The molecular formula is C21H26O8. The van der Waals surface area contributed by atoms with E-state index in [9.17, 15) is 19.8 Å². The molecule has 29 heavy (non-hydrogen) atoms. The number of aliphatic carboxylic acids is 1. The van der Waals surface area contributed by atoms with Gasteiger partial charge in [0.25, 0.3) is 0 Å². The summed E-state index contributed by atoms with van der Waals surface area (Å²) in [6.07, 6.45) is -0.245. The maximum Gasteiger partial charge on any atom is 0.337 e. The molecule has 8 heteroatoms. The lowest BCUT2D eigenvalue weighted by molar-refractivity contribution is -0.147. The van der Waals surface area contributed by atoms with Gasteiger partial charge in [0.2, 0.25) is 0 Å². The van der Waals surface area contributed by atoms with Gasteiger partial charge in [-0.05, 0) is 48.4 Å². The molecule has 0 heterocycles. The van der Waals surface area contributed by atoms with E-state index in [4.69, 9.17) is 19.3 Å². The first-order valence-corrected chi connectivity index (χ1v) is 9.03. The van der Waals surface area contributed by atoms with Crippen LogP contribution in [0.15, 0.2) is 42.5 Å². The number of phenolic OH excluding ortho intramolecular Hbond substituents is 1. The van der Waals surface area contributed by atoms with Gasteiger partial charge in [0.1, 0.15) is 11.5 Å². The summed E-state index contributed by atoms with van der Waals surface area (Å²) in [4.78, 5) is 21.4. The number of ether oxygens (including phenoxy) is 3. The number of carboxylic acid groups (broad SMARTS) is 1. The van der Waals surface area contributed by atoms with E-state index in [1.54, 1.807) is 31.2 Å². The number of aliphatic hydroxyl groups is 1. The van der Waals surface area contributed by atoms with Crippen molar-refractivity contribution in [2.24, 2.45) is 0 Å². The Bertz CT molecular complexity index is 786. The third-order valence-electron chi connectivity index (χ3n) is 3.57. The molecule has 0 saturated carbocycles. The minimum Gasteiger partial charge on any atom is -0.504 e. The van der Waals surface area contributed by atoms with Gasteiger partial charge >= 0.3 is 11.9 Å². The van der Waals surface area contributed by atoms with Crippen molar-refractivity contribution >= 4 is 11.9 Å². The van der Waals surface area contributed by atoms with E-state index < -0.39 is 12.1 Å². The van der Waals surface area contributed by atoms with Gasteiger partial charge in [-0.2, -0.15) is 0 Å². The molecule has 2 aromatic carbocycles. The van der Waals surface area contributed by atoms with E-state index in [1.807, 2.05) is 0 Å². The molecular weight excluding hydrogens is 380 g/mol. The minimum atomic E-state index is -1.61. The first-order valence-electron chi connectivity index (χ1n) is 9.03. The van der Waals surface area contributed by atoms with Crippen LogP contribution in [0.3, 0.4) is 0 Å². The van der Waals surface area contributed by atoms with Crippen LogP contribution in [0.1, 0.15) is 38.4 Å². The zero-order valence-electron chi connectivity index (χ0n) is 16.6. The van der Waals surface area contributed by atoms with Crippen molar-refractivity contribution in [3.8, 4) is 23.0 Å². The molecule has 0 spiro atoms. The molecule has 1 unspecified atom stereocenters. The van der Waals surface area contributed by atoms with Crippen LogP contribution >= 0.6 is 0 Å². The fourth-order valence-corrected chi connectivity index (χ4v) is 2.03. The number of phenols is 1. The highest BCUT2D eigenvalue weighted by molar-refractivity contribution is 5.74. The molecule has 0 bridgehead atoms. The van der Waals surface area contributed by atoms with Gasteiger partial charge in [-0.15, -0.1) is 0 Å². The lowest BCUT2D eigenvalue weighted by atomic mass is 10.1. The first-order chi connectivity index (χ1) is 13.8. The standard InChI is InChI=1S/C12H16O3.C9H10O5/c1-3-9-14-10-5-7-11(8-6-10)15-12(13)4-2;1-14-7-4-5(2-3-6(7)10)8(11)9(12)13/h5-8H,3-4,9H2,1-2H3;2-4,8,10-11H,1H3,(H,12,13). The van der Waals surface area contributed by atoms with Crippen LogP contribution in [0.4, 0.5) is 0 Å². The Balaban J connectivity index is 0.000000291. The normalized spacial score (nSPS) is 10.9. The van der Waals surface area contributed by atoms with Gasteiger partial charge in [-0.1, -0.05) is 19.9 Å². The van der Waals surface area contributed by atoms with Crippen LogP contribution in [0.25, 0.3) is 0 Å². The Morgan fingerprint density at radius 3 is 2.17 bits per heavy atom. The molecule has 0 aliphatic rings. The largest absolute Gasteiger partial charge is 0.504 e. The number of carbonyl (C=O) groups is 2. The van der Waals surface area contributed by atoms with Crippen molar-refractivity contribution < 1.29 is 39.1 Å². The third-order valence-corrected chi connectivity index (χ3v) is 3.57. The quantitative estimate of drug-likeness (QED) is 0.451. The number of benzene rings is 2. The smallest absolute Gasteiger partial charge is 0.337 e. The van der Waals surface area contributed by atoms with Crippen molar-refractivity contribution in [1.29, 1.82) is 0 Å². The maximum atomic E-state index is 11.0. The Labute approximate surface area is 169 Å². The summed E-state index contributed by atoms with van der Waals surface area (Å²) in [5.41, 5.74) is 0.159. The summed E-state index contributed by atoms with van der Waals surface area (Å²) < 4.78 is 15.2. The summed E-state index contributed by atoms with van der Waals surface area (Å²) in [5, 5.41) is 26.9. The second-order valence-electron chi connectivity index (χ2n) is 5.82. The molecule has 8 nitrogen and oxygen atoms in total. The molecule has 0 saturated heterocycles. The Morgan fingerprint density at radius 1 is 1.03 bits per heavy atom. The Morgan fingerprint density at radius 2 is 1.66 bits per heavy atom. The number of hydrogen-bond donors (Lipinski definition) is 3. The van der Waals surface area contributed by atoms with Crippen molar-refractivity contribution in [1.82, 2.24) is 0 Å². The van der Waals surface area contributed by atoms with Gasteiger partial charge < -0.3 is 29.5 Å².